The zero-order valence-electron chi connectivity index (χ0n) is 15.0. The van der Waals surface area contributed by atoms with Gasteiger partial charge in [0, 0.05) is 10.0 Å². The summed E-state index contributed by atoms with van der Waals surface area (Å²) in [6.45, 7) is 5.04. The fourth-order valence-electron chi connectivity index (χ4n) is 2.44. The maximum absolute atomic E-state index is 12.3. The Labute approximate surface area is 171 Å². The van der Waals surface area contributed by atoms with Gasteiger partial charge in [-0.05, 0) is 74.1 Å². The molecule has 0 saturated carbocycles. The molecule has 0 aromatic heterocycles. The first-order valence-corrected chi connectivity index (χ1v) is 10.1. The van der Waals surface area contributed by atoms with Crippen LogP contribution in [0.3, 0.4) is 0 Å². The van der Waals surface area contributed by atoms with Crippen molar-refractivity contribution in [1.29, 1.82) is 0 Å². The van der Waals surface area contributed by atoms with Crippen LogP contribution in [0, 0.1) is 0 Å². The van der Waals surface area contributed by atoms with Gasteiger partial charge in [-0.25, -0.2) is 4.99 Å². The van der Waals surface area contributed by atoms with Crippen molar-refractivity contribution >= 4 is 50.5 Å². The van der Waals surface area contributed by atoms with E-state index in [1.165, 1.54) is 11.8 Å². The molecule has 1 heterocycles. The van der Waals surface area contributed by atoms with E-state index in [0.717, 1.165) is 27.2 Å². The predicted octanol–water partition coefficient (Wildman–Crippen LogP) is 5.14. The van der Waals surface area contributed by atoms with E-state index >= 15 is 0 Å². The van der Waals surface area contributed by atoms with Crippen LogP contribution in [0.1, 0.15) is 19.4 Å². The van der Waals surface area contributed by atoms with Crippen molar-refractivity contribution in [2.24, 2.45) is 4.99 Å². The number of carbonyl (C=O) groups is 1. The second-order valence-electron chi connectivity index (χ2n) is 5.52. The quantitative estimate of drug-likeness (QED) is 0.624. The van der Waals surface area contributed by atoms with Crippen LogP contribution in [0.2, 0.25) is 0 Å². The van der Waals surface area contributed by atoms with E-state index in [-0.39, 0.29) is 5.91 Å². The summed E-state index contributed by atoms with van der Waals surface area (Å²) in [5.41, 5.74) is 1.59. The van der Waals surface area contributed by atoms with Gasteiger partial charge >= 0.3 is 0 Å². The van der Waals surface area contributed by atoms with Crippen LogP contribution in [0.15, 0.2) is 56.8 Å². The average Bonchev–Trinajstić information content (AvgIpc) is 2.98. The lowest BCUT2D eigenvalue weighted by molar-refractivity contribution is -0.115. The molecular weight excluding hydrogens is 428 g/mol. The van der Waals surface area contributed by atoms with Gasteiger partial charge in [0.1, 0.15) is 11.5 Å². The number of aliphatic imine (C=N–C) groups is 1. The number of rotatable bonds is 6. The molecule has 7 heteroatoms. The van der Waals surface area contributed by atoms with E-state index in [1.807, 2.05) is 62.4 Å². The third kappa shape index (κ3) is 5.14. The van der Waals surface area contributed by atoms with Crippen LogP contribution >= 0.6 is 27.7 Å². The molecule has 1 N–H and O–H groups in total. The molecule has 1 fully saturated rings. The molecule has 2 aromatic carbocycles. The topological polar surface area (TPSA) is 59.9 Å². The molecule has 2 aromatic rings. The van der Waals surface area contributed by atoms with Crippen LogP contribution < -0.4 is 14.8 Å². The van der Waals surface area contributed by atoms with E-state index in [0.29, 0.717) is 23.3 Å². The molecule has 0 aliphatic carbocycles. The first-order chi connectivity index (χ1) is 13.1. The molecule has 5 nitrogen and oxygen atoms in total. The monoisotopic (exact) mass is 446 g/mol. The summed E-state index contributed by atoms with van der Waals surface area (Å²) in [6, 6.07) is 13.1. The molecule has 0 radical (unpaired) electrons. The molecule has 3 rings (SSSR count). The normalized spacial score (nSPS) is 16.6. The Bertz CT molecular complexity index is 895. The molecule has 140 valence electrons. The summed E-state index contributed by atoms with van der Waals surface area (Å²) in [4.78, 5) is 17.4. The molecule has 0 atom stereocenters. The van der Waals surface area contributed by atoms with Crippen LogP contribution in [0.5, 0.6) is 11.5 Å². The van der Waals surface area contributed by atoms with Gasteiger partial charge in [-0.3, -0.25) is 4.79 Å². The highest BCUT2D eigenvalue weighted by molar-refractivity contribution is 9.10. The van der Waals surface area contributed by atoms with E-state index in [4.69, 9.17) is 9.47 Å². The number of hydrogen-bond acceptors (Lipinski definition) is 5. The van der Waals surface area contributed by atoms with Crippen LogP contribution in [-0.2, 0) is 4.79 Å². The van der Waals surface area contributed by atoms with E-state index < -0.39 is 0 Å². The maximum Gasteiger partial charge on any atom is 0.264 e. The van der Waals surface area contributed by atoms with E-state index in [2.05, 4.69) is 26.2 Å². The van der Waals surface area contributed by atoms with Crippen LogP contribution in [0.25, 0.3) is 6.08 Å². The third-order valence-corrected chi connectivity index (χ3v) is 4.99. The van der Waals surface area contributed by atoms with E-state index in [9.17, 15) is 4.79 Å². The van der Waals surface area contributed by atoms with Crippen LogP contribution in [-0.4, -0.2) is 24.3 Å². The number of thioether (sulfide) groups is 1. The van der Waals surface area contributed by atoms with Gasteiger partial charge in [0.15, 0.2) is 5.17 Å². The van der Waals surface area contributed by atoms with Gasteiger partial charge in [-0.1, -0.05) is 15.9 Å². The second kappa shape index (κ2) is 9.10. The van der Waals surface area contributed by atoms with Crippen molar-refractivity contribution in [2.45, 2.75) is 13.8 Å². The molecule has 1 saturated heterocycles. The Morgan fingerprint density at radius 1 is 1.11 bits per heavy atom. The lowest BCUT2D eigenvalue weighted by atomic mass is 10.2. The van der Waals surface area contributed by atoms with Gasteiger partial charge < -0.3 is 14.8 Å². The number of amides is 1. The summed E-state index contributed by atoms with van der Waals surface area (Å²) >= 11 is 4.76. The number of benzene rings is 2. The van der Waals surface area contributed by atoms with Crippen molar-refractivity contribution < 1.29 is 14.3 Å². The minimum atomic E-state index is -0.174. The SMILES string of the molecule is CCOc1ccc(N=C2NC(=O)/C(=C\c3cc(Br)ccc3OCC)S2)cc1. The van der Waals surface area contributed by atoms with Gasteiger partial charge in [-0.2, -0.15) is 0 Å². The minimum Gasteiger partial charge on any atom is -0.494 e. The van der Waals surface area contributed by atoms with Gasteiger partial charge in [-0.15, -0.1) is 0 Å². The number of ether oxygens (including phenoxy) is 2. The molecule has 0 spiro atoms. The zero-order valence-corrected chi connectivity index (χ0v) is 17.4. The van der Waals surface area contributed by atoms with Crippen molar-refractivity contribution in [3.8, 4) is 11.5 Å². The van der Waals surface area contributed by atoms with Crippen LogP contribution in [0.4, 0.5) is 5.69 Å². The predicted molar refractivity (Wildman–Crippen MR) is 114 cm³/mol. The lowest BCUT2D eigenvalue weighted by Gasteiger charge is -2.07. The number of carbonyl (C=O) groups excluding carboxylic acids is 1. The Morgan fingerprint density at radius 3 is 2.56 bits per heavy atom. The summed E-state index contributed by atoms with van der Waals surface area (Å²) in [7, 11) is 0. The van der Waals surface area contributed by atoms with Crippen molar-refractivity contribution in [2.75, 3.05) is 13.2 Å². The van der Waals surface area contributed by atoms with Gasteiger partial charge in [0.25, 0.3) is 5.91 Å². The minimum absolute atomic E-state index is 0.174. The third-order valence-electron chi connectivity index (χ3n) is 3.59. The standard InChI is InChI=1S/C20H19BrN2O3S/c1-3-25-16-8-6-15(7-9-16)22-20-23-19(24)18(27-20)12-13-11-14(21)5-10-17(13)26-4-2/h5-12H,3-4H2,1-2H3,(H,22,23,24)/b18-12+. The highest BCUT2D eigenvalue weighted by atomic mass is 79.9. The Balaban J connectivity index is 1.81. The highest BCUT2D eigenvalue weighted by Crippen LogP contribution is 2.32. The first-order valence-electron chi connectivity index (χ1n) is 8.54. The Kier molecular flexibility index (Phi) is 6.58. The molecule has 1 amide bonds. The van der Waals surface area contributed by atoms with Crippen molar-refractivity contribution in [3.63, 3.8) is 0 Å². The fourth-order valence-corrected chi connectivity index (χ4v) is 3.65. The summed E-state index contributed by atoms with van der Waals surface area (Å²) in [6.07, 6.45) is 1.82. The summed E-state index contributed by atoms with van der Waals surface area (Å²) in [5.74, 6) is 1.36. The molecular formula is C20H19BrN2O3S. The largest absolute Gasteiger partial charge is 0.494 e. The zero-order chi connectivity index (χ0) is 19.2. The van der Waals surface area contributed by atoms with Gasteiger partial charge in [0.05, 0.1) is 23.8 Å². The number of hydrogen-bond donors (Lipinski definition) is 1. The maximum atomic E-state index is 12.3. The smallest absolute Gasteiger partial charge is 0.264 e. The Morgan fingerprint density at radius 2 is 1.85 bits per heavy atom. The molecule has 0 unspecified atom stereocenters. The first kappa shape index (κ1) is 19.5. The Hall–Kier alpha value is -2.25. The highest BCUT2D eigenvalue weighted by Gasteiger charge is 2.24. The number of nitrogens with zero attached hydrogens (tertiary/aromatic N) is 1. The molecule has 27 heavy (non-hydrogen) atoms. The van der Waals surface area contributed by atoms with Crippen molar-refractivity contribution in [1.82, 2.24) is 5.32 Å². The van der Waals surface area contributed by atoms with Gasteiger partial charge in [0.2, 0.25) is 0 Å². The number of nitrogens with one attached hydrogen (secondary N) is 1. The van der Waals surface area contributed by atoms with E-state index in [1.54, 1.807) is 0 Å². The summed E-state index contributed by atoms with van der Waals surface area (Å²) in [5, 5.41) is 3.35. The fraction of sp³-hybridized carbons (Fsp3) is 0.200. The molecule has 0 bridgehead atoms. The lowest BCUT2D eigenvalue weighted by Crippen LogP contribution is -2.19. The number of amidine groups is 1. The number of halogens is 1. The average molecular weight is 447 g/mol. The summed E-state index contributed by atoms with van der Waals surface area (Å²) < 4.78 is 12.0. The molecule has 1 aliphatic rings. The molecule has 1 aliphatic heterocycles. The second-order valence-corrected chi connectivity index (χ2v) is 7.47. The van der Waals surface area contributed by atoms with Crippen molar-refractivity contribution in [3.05, 3.63) is 57.4 Å².